The average molecular weight is 363 g/mol. The van der Waals surface area contributed by atoms with E-state index in [9.17, 15) is 9.90 Å². The molecule has 5 nitrogen and oxygen atoms in total. The minimum atomic E-state index is -0.763. The first-order valence-corrected chi connectivity index (χ1v) is 9.01. The number of hydrogen-bond donors (Lipinski definition) is 2. The molecule has 0 aromatic heterocycles. The van der Waals surface area contributed by atoms with Gasteiger partial charge in [0.25, 0.3) is 5.91 Å². The molecule has 1 heterocycles. The Bertz CT molecular complexity index is 969. The zero-order valence-electron chi connectivity index (χ0n) is 14.9. The van der Waals surface area contributed by atoms with E-state index in [0.29, 0.717) is 12.4 Å². The smallest absolute Gasteiger partial charge is 0.258 e. The van der Waals surface area contributed by atoms with Crippen LogP contribution in [0.3, 0.4) is 0 Å². The summed E-state index contributed by atoms with van der Waals surface area (Å²) in [7, 11) is 0. The maximum atomic E-state index is 12.0. The van der Waals surface area contributed by atoms with E-state index in [2.05, 4.69) is 5.32 Å². The van der Waals surface area contributed by atoms with Crippen molar-refractivity contribution >= 4 is 16.7 Å². The van der Waals surface area contributed by atoms with Gasteiger partial charge in [-0.3, -0.25) is 4.79 Å². The van der Waals surface area contributed by atoms with E-state index in [4.69, 9.17) is 9.47 Å². The van der Waals surface area contributed by atoms with Crippen LogP contribution in [-0.4, -0.2) is 30.8 Å². The Kier molecular flexibility index (Phi) is 4.94. The monoisotopic (exact) mass is 363 g/mol. The van der Waals surface area contributed by atoms with Crippen molar-refractivity contribution in [1.29, 1.82) is 0 Å². The third-order valence-electron chi connectivity index (χ3n) is 4.68. The summed E-state index contributed by atoms with van der Waals surface area (Å²) in [5.41, 5.74) is 1.87. The lowest BCUT2D eigenvalue weighted by Gasteiger charge is -2.14. The van der Waals surface area contributed by atoms with Crippen LogP contribution in [-0.2, 0) is 11.2 Å². The Hall–Kier alpha value is -3.05. The number of carbonyl (C=O) groups excluding carboxylic acids is 1. The van der Waals surface area contributed by atoms with Crippen molar-refractivity contribution in [3.8, 4) is 11.5 Å². The zero-order chi connectivity index (χ0) is 18.6. The lowest BCUT2D eigenvalue weighted by Crippen LogP contribution is -2.32. The molecule has 2 N–H and O–H groups in total. The maximum absolute atomic E-state index is 12.0. The van der Waals surface area contributed by atoms with Crippen molar-refractivity contribution in [2.45, 2.75) is 12.5 Å². The summed E-state index contributed by atoms with van der Waals surface area (Å²) < 4.78 is 11.0. The number of carbonyl (C=O) groups is 1. The fourth-order valence-corrected chi connectivity index (χ4v) is 3.20. The molecule has 1 atom stereocenters. The highest BCUT2D eigenvalue weighted by Crippen LogP contribution is 2.28. The minimum absolute atomic E-state index is 0.0942. The fraction of sp³-hybridized carbons (Fsp3) is 0.227. The molecule has 1 unspecified atom stereocenters. The number of rotatable bonds is 6. The highest BCUT2D eigenvalue weighted by molar-refractivity contribution is 5.84. The SMILES string of the molecule is O=C(COc1ccc2ccccc2c1)NCC(O)c1ccc2c(c1)CCO2. The molecular formula is C22H21NO4. The lowest BCUT2D eigenvalue weighted by molar-refractivity contribution is -0.123. The standard InChI is InChI=1S/C22H21NO4/c24-20(17-6-8-21-18(11-17)9-10-26-21)13-23-22(25)14-27-19-7-5-15-3-1-2-4-16(15)12-19/h1-8,11-12,20,24H,9-10,13-14H2,(H,23,25). The number of benzene rings is 3. The molecular weight excluding hydrogens is 342 g/mol. The van der Waals surface area contributed by atoms with Gasteiger partial charge in [0.15, 0.2) is 6.61 Å². The molecule has 1 aliphatic heterocycles. The Morgan fingerprint density at radius 1 is 1.11 bits per heavy atom. The number of aliphatic hydroxyl groups is 1. The normalized spacial score (nSPS) is 13.7. The second-order valence-corrected chi connectivity index (χ2v) is 6.58. The first-order chi connectivity index (χ1) is 13.2. The number of nitrogens with one attached hydrogen (secondary N) is 1. The predicted octanol–water partition coefficient (Wildman–Crippen LogP) is 3.00. The highest BCUT2D eigenvalue weighted by atomic mass is 16.5. The number of aliphatic hydroxyl groups excluding tert-OH is 1. The molecule has 27 heavy (non-hydrogen) atoms. The summed E-state index contributed by atoms with van der Waals surface area (Å²) in [5, 5.41) is 15.2. The Labute approximate surface area is 157 Å². The molecule has 1 aliphatic rings. The zero-order valence-corrected chi connectivity index (χ0v) is 14.9. The van der Waals surface area contributed by atoms with Gasteiger partial charge >= 0.3 is 0 Å². The Morgan fingerprint density at radius 3 is 2.85 bits per heavy atom. The van der Waals surface area contributed by atoms with Gasteiger partial charge in [0.2, 0.25) is 0 Å². The van der Waals surface area contributed by atoms with E-state index in [1.54, 1.807) is 0 Å². The molecule has 0 saturated heterocycles. The first kappa shape index (κ1) is 17.4. The van der Waals surface area contributed by atoms with Gasteiger partial charge in [-0.1, -0.05) is 36.4 Å². The predicted molar refractivity (Wildman–Crippen MR) is 103 cm³/mol. The van der Waals surface area contributed by atoms with Gasteiger partial charge < -0.3 is 19.9 Å². The van der Waals surface area contributed by atoms with Gasteiger partial charge in [-0.2, -0.15) is 0 Å². The van der Waals surface area contributed by atoms with Gasteiger partial charge in [-0.05, 0) is 46.2 Å². The second-order valence-electron chi connectivity index (χ2n) is 6.58. The third-order valence-corrected chi connectivity index (χ3v) is 4.68. The topological polar surface area (TPSA) is 67.8 Å². The number of hydrogen-bond acceptors (Lipinski definition) is 4. The van der Waals surface area contributed by atoms with Crippen LogP contribution in [0.2, 0.25) is 0 Å². The van der Waals surface area contributed by atoms with Crippen LogP contribution in [0.25, 0.3) is 10.8 Å². The van der Waals surface area contributed by atoms with Crippen molar-refractivity contribution in [2.24, 2.45) is 0 Å². The molecule has 0 saturated carbocycles. The third kappa shape index (κ3) is 4.04. The van der Waals surface area contributed by atoms with E-state index < -0.39 is 6.10 Å². The van der Waals surface area contributed by atoms with Crippen LogP contribution in [0.4, 0.5) is 0 Å². The van der Waals surface area contributed by atoms with E-state index in [1.165, 1.54) is 0 Å². The van der Waals surface area contributed by atoms with Crippen LogP contribution in [0.15, 0.2) is 60.7 Å². The molecule has 5 heteroatoms. The molecule has 0 aliphatic carbocycles. The van der Waals surface area contributed by atoms with E-state index >= 15 is 0 Å². The van der Waals surface area contributed by atoms with Crippen LogP contribution < -0.4 is 14.8 Å². The van der Waals surface area contributed by atoms with Crippen molar-refractivity contribution in [3.05, 3.63) is 71.8 Å². The van der Waals surface area contributed by atoms with E-state index in [1.807, 2.05) is 60.7 Å². The largest absolute Gasteiger partial charge is 0.493 e. The molecule has 0 fully saturated rings. The molecule has 0 spiro atoms. The molecule has 1 amide bonds. The summed E-state index contributed by atoms with van der Waals surface area (Å²) in [6, 6.07) is 19.3. The van der Waals surface area contributed by atoms with Crippen LogP contribution in [0, 0.1) is 0 Å². The summed E-state index contributed by atoms with van der Waals surface area (Å²) >= 11 is 0. The second kappa shape index (κ2) is 7.68. The summed E-state index contributed by atoms with van der Waals surface area (Å²) in [4.78, 5) is 12.0. The van der Waals surface area contributed by atoms with Crippen molar-refractivity contribution in [1.82, 2.24) is 5.32 Å². The van der Waals surface area contributed by atoms with Gasteiger partial charge in [-0.15, -0.1) is 0 Å². The molecule has 0 radical (unpaired) electrons. The number of fused-ring (bicyclic) bond motifs is 2. The lowest BCUT2D eigenvalue weighted by atomic mass is 10.0. The van der Waals surface area contributed by atoms with Crippen LogP contribution in [0.5, 0.6) is 11.5 Å². The summed E-state index contributed by atoms with van der Waals surface area (Å²) in [6.45, 7) is 0.723. The molecule has 0 bridgehead atoms. The van der Waals surface area contributed by atoms with E-state index in [0.717, 1.165) is 34.1 Å². The fourth-order valence-electron chi connectivity index (χ4n) is 3.20. The van der Waals surface area contributed by atoms with Gasteiger partial charge in [0.1, 0.15) is 11.5 Å². The van der Waals surface area contributed by atoms with Gasteiger partial charge in [0.05, 0.1) is 12.7 Å². The van der Waals surface area contributed by atoms with Crippen molar-refractivity contribution in [2.75, 3.05) is 19.8 Å². The van der Waals surface area contributed by atoms with Crippen LogP contribution >= 0.6 is 0 Å². The summed E-state index contributed by atoms with van der Waals surface area (Å²) in [5.74, 6) is 1.24. The highest BCUT2D eigenvalue weighted by Gasteiger charge is 2.16. The number of amides is 1. The maximum Gasteiger partial charge on any atom is 0.258 e. The first-order valence-electron chi connectivity index (χ1n) is 9.01. The quantitative estimate of drug-likeness (QED) is 0.706. The molecule has 3 aromatic carbocycles. The molecule has 4 rings (SSSR count). The van der Waals surface area contributed by atoms with Gasteiger partial charge in [-0.25, -0.2) is 0 Å². The summed E-state index contributed by atoms with van der Waals surface area (Å²) in [6.07, 6.45) is 0.0856. The minimum Gasteiger partial charge on any atom is -0.493 e. The van der Waals surface area contributed by atoms with Crippen molar-refractivity contribution < 1.29 is 19.4 Å². The Morgan fingerprint density at radius 2 is 1.96 bits per heavy atom. The average Bonchev–Trinajstić information content (AvgIpc) is 3.18. The van der Waals surface area contributed by atoms with E-state index in [-0.39, 0.29) is 19.1 Å². The molecule has 138 valence electrons. The van der Waals surface area contributed by atoms with Gasteiger partial charge in [0, 0.05) is 13.0 Å². The Balaban J connectivity index is 1.28. The van der Waals surface area contributed by atoms with Crippen molar-refractivity contribution in [3.63, 3.8) is 0 Å². The molecule has 3 aromatic rings. The number of ether oxygens (including phenoxy) is 2. The van der Waals surface area contributed by atoms with Crippen LogP contribution in [0.1, 0.15) is 17.2 Å².